The molecular formula is C23H26Cl2N6O2. The second-order valence-corrected chi connectivity index (χ2v) is 9.83. The van der Waals surface area contributed by atoms with Crippen LogP contribution in [0.4, 0.5) is 5.95 Å². The molecule has 174 valence electrons. The summed E-state index contributed by atoms with van der Waals surface area (Å²) < 4.78 is 6.23. The van der Waals surface area contributed by atoms with Crippen LogP contribution >= 0.6 is 23.2 Å². The van der Waals surface area contributed by atoms with Crippen molar-refractivity contribution >= 4 is 35.1 Å². The molecule has 3 aliphatic rings. The van der Waals surface area contributed by atoms with E-state index in [0.29, 0.717) is 59.1 Å². The number of piperidine rings is 1. The quantitative estimate of drug-likeness (QED) is 0.675. The minimum absolute atomic E-state index is 0.206. The molecule has 0 aromatic carbocycles. The number of halogens is 2. The molecule has 1 amide bonds. The second-order valence-electron chi connectivity index (χ2n) is 8.96. The van der Waals surface area contributed by atoms with E-state index >= 15 is 0 Å². The molecule has 2 aromatic heterocycles. The van der Waals surface area contributed by atoms with Crippen molar-refractivity contribution < 1.29 is 9.53 Å². The molecule has 33 heavy (non-hydrogen) atoms. The van der Waals surface area contributed by atoms with Crippen LogP contribution in [0, 0.1) is 6.92 Å². The molecule has 0 radical (unpaired) electrons. The maximum Gasteiger partial charge on any atom is 0.267 e. The molecule has 8 nitrogen and oxygen atoms in total. The Morgan fingerprint density at radius 1 is 1.27 bits per heavy atom. The lowest BCUT2D eigenvalue weighted by Gasteiger charge is -2.41. The molecule has 1 spiro atoms. The molecule has 1 saturated heterocycles. The molecule has 1 aliphatic carbocycles. The molecule has 0 bridgehead atoms. The fourth-order valence-electron chi connectivity index (χ4n) is 5.24. The lowest BCUT2D eigenvalue weighted by atomic mass is 9.83. The topological polar surface area (TPSA) is 120 Å². The third-order valence-electron chi connectivity index (χ3n) is 7.06. The van der Waals surface area contributed by atoms with Crippen molar-refractivity contribution in [2.45, 2.75) is 56.6 Å². The van der Waals surface area contributed by atoms with Gasteiger partial charge in [-0.1, -0.05) is 29.3 Å². The summed E-state index contributed by atoms with van der Waals surface area (Å²) in [5, 5.41) is 1.17. The van der Waals surface area contributed by atoms with E-state index in [4.69, 9.17) is 44.4 Å². The van der Waals surface area contributed by atoms with E-state index < -0.39 is 11.5 Å². The summed E-state index contributed by atoms with van der Waals surface area (Å²) in [6, 6.07) is 3.61. The fourth-order valence-corrected chi connectivity index (χ4v) is 5.82. The molecule has 2 aromatic rings. The van der Waals surface area contributed by atoms with E-state index in [-0.39, 0.29) is 17.7 Å². The zero-order valence-corrected chi connectivity index (χ0v) is 19.9. The van der Waals surface area contributed by atoms with Crippen LogP contribution in [0.15, 0.2) is 28.4 Å². The Morgan fingerprint density at radius 2 is 2.03 bits per heavy atom. The minimum Gasteiger partial charge on any atom is -0.469 e. The predicted octanol–water partition coefficient (Wildman–Crippen LogP) is 3.67. The summed E-state index contributed by atoms with van der Waals surface area (Å²) in [5.74, 6) is 0.273. The average Bonchev–Trinajstić information content (AvgIpc) is 3.07. The fraction of sp³-hybridized carbons (Fsp3) is 0.478. The number of rotatable bonds is 3. The van der Waals surface area contributed by atoms with Crippen molar-refractivity contribution in [2.75, 3.05) is 18.0 Å². The van der Waals surface area contributed by atoms with Gasteiger partial charge in [-0.3, -0.25) is 4.79 Å². The summed E-state index contributed by atoms with van der Waals surface area (Å²) in [6.45, 7) is 3.13. The first kappa shape index (κ1) is 22.4. The zero-order chi connectivity index (χ0) is 23.3. The monoisotopic (exact) mass is 488 g/mol. The molecule has 1 fully saturated rings. The maximum absolute atomic E-state index is 12.4. The van der Waals surface area contributed by atoms with Crippen LogP contribution in [-0.2, 0) is 0 Å². The highest BCUT2D eigenvalue weighted by molar-refractivity contribution is 6.39. The number of hydrogen-bond acceptors (Lipinski definition) is 7. The highest BCUT2D eigenvalue weighted by Crippen LogP contribution is 2.47. The number of carbonyl (C=O) groups is 1. The van der Waals surface area contributed by atoms with Gasteiger partial charge in [-0.15, -0.1) is 0 Å². The minimum atomic E-state index is -0.598. The smallest absolute Gasteiger partial charge is 0.267 e. The molecule has 10 heteroatoms. The lowest BCUT2D eigenvalue weighted by molar-refractivity contribution is 0.0396. The number of nitrogens with zero attached hydrogens (tertiary/aromatic N) is 4. The first-order valence-electron chi connectivity index (χ1n) is 11.2. The van der Waals surface area contributed by atoms with Gasteiger partial charge in [0, 0.05) is 64.9 Å². The van der Waals surface area contributed by atoms with E-state index in [0.717, 1.165) is 24.8 Å². The van der Waals surface area contributed by atoms with Gasteiger partial charge in [-0.05, 0) is 32.3 Å². The van der Waals surface area contributed by atoms with Crippen molar-refractivity contribution in [1.82, 2.24) is 15.0 Å². The Hall–Kier alpha value is -2.42. The van der Waals surface area contributed by atoms with Gasteiger partial charge < -0.3 is 21.1 Å². The van der Waals surface area contributed by atoms with E-state index in [2.05, 4.69) is 9.97 Å². The summed E-state index contributed by atoms with van der Waals surface area (Å²) >= 11 is 12.8. The van der Waals surface area contributed by atoms with Gasteiger partial charge in [-0.2, -0.15) is 0 Å². The molecular weight excluding hydrogens is 463 g/mol. The van der Waals surface area contributed by atoms with Gasteiger partial charge in [0.15, 0.2) is 0 Å². The van der Waals surface area contributed by atoms with E-state index in [1.54, 1.807) is 6.20 Å². The average molecular weight is 489 g/mol. The first-order chi connectivity index (χ1) is 15.8. The van der Waals surface area contributed by atoms with Crippen molar-refractivity contribution in [3.05, 3.63) is 50.9 Å². The van der Waals surface area contributed by atoms with Gasteiger partial charge in [0.2, 0.25) is 11.8 Å². The molecule has 2 aliphatic heterocycles. The van der Waals surface area contributed by atoms with Crippen LogP contribution in [0.5, 0.6) is 5.88 Å². The van der Waals surface area contributed by atoms with Crippen LogP contribution in [0.2, 0.25) is 0 Å². The van der Waals surface area contributed by atoms with Gasteiger partial charge >= 0.3 is 0 Å². The van der Waals surface area contributed by atoms with E-state index in [1.165, 1.54) is 0 Å². The Balaban J connectivity index is 1.41. The van der Waals surface area contributed by atoms with Gasteiger partial charge in [0.1, 0.15) is 11.3 Å². The van der Waals surface area contributed by atoms with Crippen LogP contribution in [0.3, 0.4) is 0 Å². The number of hydrogen-bond donors (Lipinski definition) is 2. The Morgan fingerprint density at radius 3 is 2.73 bits per heavy atom. The SMILES string of the molecule is Cc1nc(N2CCC3(CC2)Oc2ncccc2[C@H]3N)nc(C(N)=O)c1[C@H]1CCCC(Cl)=C1Cl. The Labute approximate surface area is 202 Å². The molecule has 4 heterocycles. The predicted molar refractivity (Wildman–Crippen MR) is 127 cm³/mol. The normalized spacial score (nSPS) is 24.1. The van der Waals surface area contributed by atoms with Gasteiger partial charge in [0.25, 0.3) is 5.91 Å². The van der Waals surface area contributed by atoms with Gasteiger partial charge in [-0.25, -0.2) is 15.0 Å². The van der Waals surface area contributed by atoms with Crippen molar-refractivity contribution in [2.24, 2.45) is 11.5 Å². The van der Waals surface area contributed by atoms with Crippen molar-refractivity contribution in [1.29, 1.82) is 0 Å². The lowest BCUT2D eigenvalue weighted by Crippen LogP contribution is -2.52. The number of ether oxygens (including phenoxy) is 1. The second kappa shape index (κ2) is 8.42. The standard InChI is InChI=1S/C23H26Cl2N6O2/c1-12-16(13-4-2-6-15(24)17(13)25)18(20(27)32)30-22(29-12)31-10-7-23(8-11-31)19(26)14-5-3-9-28-21(14)33-23/h3,5,9,13,19H,2,4,6-8,10-11,26H2,1H3,(H2,27,32)/t13-,19-/m1/s1. The van der Waals surface area contributed by atoms with Crippen LogP contribution < -0.4 is 21.1 Å². The van der Waals surface area contributed by atoms with Crippen molar-refractivity contribution in [3.8, 4) is 5.88 Å². The van der Waals surface area contributed by atoms with Crippen molar-refractivity contribution in [3.63, 3.8) is 0 Å². The van der Waals surface area contributed by atoms with Crippen LogP contribution in [-0.4, -0.2) is 39.5 Å². The number of primary amides is 1. The third-order valence-corrected chi connectivity index (χ3v) is 8.04. The Kier molecular flexibility index (Phi) is 5.71. The number of amides is 1. The molecule has 2 atom stereocenters. The highest BCUT2D eigenvalue weighted by atomic mass is 35.5. The number of aromatic nitrogens is 3. The number of allylic oxidation sites excluding steroid dienone is 2. The van der Waals surface area contributed by atoms with Crippen LogP contribution in [0.25, 0.3) is 0 Å². The summed E-state index contributed by atoms with van der Waals surface area (Å²) in [6.07, 6.45) is 5.48. The number of anilines is 1. The van der Waals surface area contributed by atoms with E-state index in [1.807, 2.05) is 24.0 Å². The third kappa shape index (κ3) is 3.74. The summed E-state index contributed by atoms with van der Waals surface area (Å²) in [4.78, 5) is 28.1. The van der Waals surface area contributed by atoms with E-state index in [9.17, 15) is 4.79 Å². The number of pyridine rings is 1. The first-order valence-corrected chi connectivity index (χ1v) is 11.9. The number of aryl methyl sites for hydroxylation is 1. The Bertz CT molecular complexity index is 1150. The largest absolute Gasteiger partial charge is 0.469 e. The van der Waals surface area contributed by atoms with Crippen LogP contribution in [0.1, 0.15) is 71.4 Å². The molecule has 5 rings (SSSR count). The number of fused-ring (bicyclic) bond motifs is 1. The number of carbonyl (C=O) groups excluding carboxylic acids is 1. The summed E-state index contributed by atoms with van der Waals surface area (Å²) in [5.41, 5.74) is 14.3. The number of nitrogens with two attached hydrogens (primary N) is 2. The summed E-state index contributed by atoms with van der Waals surface area (Å²) in [7, 11) is 0. The van der Waals surface area contributed by atoms with Gasteiger partial charge in [0.05, 0.1) is 6.04 Å². The highest BCUT2D eigenvalue weighted by Gasteiger charge is 2.49. The maximum atomic E-state index is 12.4. The molecule has 4 N–H and O–H groups in total. The molecule has 0 unspecified atom stereocenters. The molecule has 0 saturated carbocycles. The zero-order valence-electron chi connectivity index (χ0n) is 18.4.